The van der Waals surface area contributed by atoms with E-state index in [1.165, 1.54) is 6.07 Å². The monoisotopic (exact) mass is 750 g/mol. The largest absolute Gasteiger partial charge is 0.507 e. The van der Waals surface area contributed by atoms with Crippen LogP contribution < -0.4 is 5.43 Å². The normalized spacial score (nSPS) is 33.7. The topological polar surface area (TPSA) is 189 Å². The predicted octanol–water partition coefficient (Wildman–Crippen LogP) is 4.58. The van der Waals surface area contributed by atoms with Crippen molar-refractivity contribution in [2.75, 3.05) is 28.2 Å². The van der Waals surface area contributed by atoms with Gasteiger partial charge in [0.15, 0.2) is 11.0 Å². The van der Waals surface area contributed by atoms with Crippen molar-refractivity contribution in [2.45, 2.75) is 127 Å². The summed E-state index contributed by atoms with van der Waals surface area (Å²) < 4.78 is 25.2. The number of aromatic hydroxyl groups is 3. The minimum absolute atomic E-state index is 0.000747. The van der Waals surface area contributed by atoms with Gasteiger partial charge in [-0.1, -0.05) is 6.92 Å². The third-order valence-electron chi connectivity index (χ3n) is 12.8. The number of aryl methyl sites for hydroxylation is 1. The number of hydrogen-bond donors (Lipinski definition) is 6. The van der Waals surface area contributed by atoms with E-state index < -0.39 is 71.2 Å². The molecule has 13 heteroatoms. The van der Waals surface area contributed by atoms with E-state index in [-0.39, 0.29) is 62.2 Å². The number of likely N-dealkylation sites (N-methyl/N-ethyl adjacent to an activating group) is 2. The van der Waals surface area contributed by atoms with E-state index in [1.54, 1.807) is 39.8 Å². The molecule has 6 N–H and O–H groups in total. The first-order valence-electron chi connectivity index (χ1n) is 18.8. The number of fused-ring (bicyclic) bond motifs is 4. The number of phenolic OH excluding ortho intramolecular Hbond substituents is 3. The van der Waals surface area contributed by atoms with E-state index in [1.807, 2.05) is 51.8 Å². The molecule has 0 spiro atoms. The Morgan fingerprint density at radius 3 is 2.17 bits per heavy atom. The van der Waals surface area contributed by atoms with Crippen LogP contribution in [-0.2, 0) is 19.8 Å². The molecule has 3 aromatic carbocycles. The smallest absolute Gasteiger partial charge is 0.193 e. The molecule has 3 aliphatic heterocycles. The van der Waals surface area contributed by atoms with Crippen LogP contribution in [0, 0.1) is 6.92 Å². The van der Waals surface area contributed by atoms with Crippen LogP contribution in [0.25, 0.3) is 32.5 Å². The average Bonchev–Trinajstić information content (AvgIpc) is 3.81. The molecule has 0 bridgehead atoms. The molecule has 1 aromatic heterocycles. The van der Waals surface area contributed by atoms with Crippen LogP contribution in [-0.4, -0.2) is 117 Å². The number of phenols is 3. The fourth-order valence-corrected chi connectivity index (χ4v) is 9.04. The third kappa shape index (κ3) is 5.70. The number of benzene rings is 3. The minimum Gasteiger partial charge on any atom is -0.507 e. The zero-order valence-corrected chi connectivity index (χ0v) is 32.7. The van der Waals surface area contributed by atoms with Crippen LogP contribution in [0.15, 0.2) is 27.4 Å². The second-order valence-corrected chi connectivity index (χ2v) is 16.6. The van der Waals surface area contributed by atoms with Crippen molar-refractivity contribution in [1.29, 1.82) is 0 Å². The summed E-state index contributed by atoms with van der Waals surface area (Å²) in [6.07, 6.45) is -4.72. The molecule has 0 unspecified atom stereocenters. The Kier molecular flexibility index (Phi) is 9.54. The molecule has 13 nitrogen and oxygen atoms in total. The Labute approximate surface area is 314 Å². The first-order valence-corrected chi connectivity index (χ1v) is 18.8. The Morgan fingerprint density at radius 2 is 1.54 bits per heavy atom. The first kappa shape index (κ1) is 38.7. The lowest BCUT2D eigenvalue weighted by atomic mass is 9.78. The molecule has 0 radical (unpaired) electrons. The van der Waals surface area contributed by atoms with Gasteiger partial charge < -0.3 is 59.1 Å². The number of aliphatic hydroxyl groups excluding tert-OH is 3. The van der Waals surface area contributed by atoms with Crippen LogP contribution in [0.5, 0.6) is 17.2 Å². The molecule has 11 atom stereocenters. The van der Waals surface area contributed by atoms with Crippen LogP contribution in [0.1, 0.15) is 88.5 Å². The lowest BCUT2D eigenvalue weighted by Crippen LogP contribution is -2.59. The highest BCUT2D eigenvalue weighted by atomic mass is 16.6. The summed E-state index contributed by atoms with van der Waals surface area (Å²) in [7, 11) is 7.49. The quantitative estimate of drug-likeness (QED) is 0.0667. The Balaban J connectivity index is 1.55. The Bertz CT molecular complexity index is 2200. The number of aliphatic hydroxyl groups is 3. The van der Waals surface area contributed by atoms with E-state index in [0.717, 1.165) is 0 Å². The zero-order chi connectivity index (χ0) is 39.5. The zero-order valence-electron chi connectivity index (χ0n) is 32.7. The molecule has 3 fully saturated rings. The molecule has 4 aromatic rings. The number of rotatable bonds is 7. The fourth-order valence-electron chi connectivity index (χ4n) is 9.04. The molecule has 0 saturated carbocycles. The number of nitrogens with zero attached hydrogens (tertiary/aromatic N) is 2. The van der Waals surface area contributed by atoms with Gasteiger partial charge >= 0.3 is 0 Å². The van der Waals surface area contributed by atoms with Crippen LogP contribution in [0.3, 0.4) is 0 Å². The molecule has 3 saturated heterocycles. The summed E-state index contributed by atoms with van der Waals surface area (Å²) in [5, 5.41) is 70.5. The summed E-state index contributed by atoms with van der Waals surface area (Å²) in [5.41, 5.74) is -0.979. The van der Waals surface area contributed by atoms with Gasteiger partial charge in [0.1, 0.15) is 34.7 Å². The molecule has 0 amide bonds. The second kappa shape index (κ2) is 13.3. The van der Waals surface area contributed by atoms with E-state index in [4.69, 9.17) is 18.6 Å². The van der Waals surface area contributed by atoms with Crippen LogP contribution in [0.2, 0.25) is 0 Å². The van der Waals surface area contributed by atoms with Crippen LogP contribution >= 0.6 is 0 Å². The lowest BCUT2D eigenvalue weighted by Gasteiger charge is -2.49. The highest BCUT2D eigenvalue weighted by Crippen LogP contribution is 2.55. The van der Waals surface area contributed by atoms with E-state index in [0.29, 0.717) is 29.5 Å². The van der Waals surface area contributed by atoms with Gasteiger partial charge in [-0.2, -0.15) is 0 Å². The fraction of sp³-hybridized carbons (Fsp3) is 0.585. The lowest BCUT2D eigenvalue weighted by molar-refractivity contribution is -0.176. The van der Waals surface area contributed by atoms with Gasteiger partial charge in [0.25, 0.3) is 0 Å². The minimum atomic E-state index is -1.10. The Hall–Kier alpha value is -3.53. The van der Waals surface area contributed by atoms with Gasteiger partial charge in [0.05, 0.1) is 58.9 Å². The van der Waals surface area contributed by atoms with Crippen molar-refractivity contribution in [1.82, 2.24) is 9.80 Å². The SMILES string of the molecule is CC[C@@H](O)[C@@H]1O[C@@]1(C)c1cc(=O)c2c(C)cc3c(O)c4c([C@H]5C[C@@H](N(C)C)[C@H](O)[C@@H](C)O5)cc([C@H]5C[C@](C)(N(C)C)[C@H](O)[C@H](C)O5)c(O)c4c(O)c3c2o1. The summed E-state index contributed by atoms with van der Waals surface area (Å²) in [6.45, 7) is 10.7. The molecule has 3 aliphatic rings. The van der Waals surface area contributed by atoms with Crippen molar-refractivity contribution in [2.24, 2.45) is 0 Å². The maximum Gasteiger partial charge on any atom is 0.193 e. The van der Waals surface area contributed by atoms with E-state index in [9.17, 15) is 35.4 Å². The molecule has 294 valence electrons. The first-order chi connectivity index (χ1) is 25.3. The van der Waals surface area contributed by atoms with Gasteiger partial charge in [0.2, 0.25) is 0 Å². The molecule has 54 heavy (non-hydrogen) atoms. The third-order valence-corrected chi connectivity index (χ3v) is 12.8. The highest BCUT2D eigenvalue weighted by molar-refractivity contribution is 6.21. The van der Waals surface area contributed by atoms with Gasteiger partial charge in [-0.3, -0.25) is 4.79 Å². The maximum absolute atomic E-state index is 13.8. The van der Waals surface area contributed by atoms with Gasteiger partial charge in [-0.15, -0.1) is 0 Å². The van der Waals surface area contributed by atoms with Crippen molar-refractivity contribution < 1.29 is 49.3 Å². The number of epoxide rings is 1. The van der Waals surface area contributed by atoms with Gasteiger partial charge in [-0.05, 0) is 105 Å². The standard InChI is InChI=1S/C41H54N2O11/c1-11-24(44)39-41(6,54-39)28-15-25(45)29-17(2)12-22-31(37(29)53-28)36(49)32-30(35(22)48)20(26-14-23(42(7)8)33(46)18(3)51-26)13-21(34(32)47)27-16-40(5,43(9)10)38(50)19(4)52-27/h12-13,15,18-19,23-24,26-27,33,38-39,44,46-50H,11,14,16H2,1-10H3/t18-,19+,23-,24-,26-,27-,33-,38-,39+,40+,41+/m1/s1. The van der Waals surface area contributed by atoms with Gasteiger partial charge in [-0.25, -0.2) is 0 Å². The van der Waals surface area contributed by atoms with Crippen molar-refractivity contribution >= 4 is 32.5 Å². The maximum atomic E-state index is 13.8. The highest BCUT2D eigenvalue weighted by Gasteiger charge is 2.59. The molecule has 7 rings (SSSR count). The molecule has 4 heterocycles. The van der Waals surface area contributed by atoms with Gasteiger partial charge in [0, 0.05) is 34.0 Å². The number of hydrogen-bond acceptors (Lipinski definition) is 13. The summed E-state index contributed by atoms with van der Waals surface area (Å²) in [4.78, 5) is 17.6. The summed E-state index contributed by atoms with van der Waals surface area (Å²) >= 11 is 0. The number of ether oxygens (including phenoxy) is 3. The molecular weight excluding hydrogens is 696 g/mol. The van der Waals surface area contributed by atoms with Crippen LogP contribution in [0.4, 0.5) is 0 Å². The van der Waals surface area contributed by atoms with Crippen molar-refractivity contribution in [3.05, 3.63) is 50.9 Å². The Morgan fingerprint density at radius 1 is 0.870 bits per heavy atom. The summed E-state index contributed by atoms with van der Waals surface area (Å²) in [5.74, 6) is -0.882. The molecular formula is C41H54N2O11. The van der Waals surface area contributed by atoms with Crippen molar-refractivity contribution in [3.8, 4) is 17.2 Å². The average molecular weight is 751 g/mol. The van der Waals surface area contributed by atoms with E-state index in [2.05, 4.69) is 0 Å². The van der Waals surface area contributed by atoms with Crippen molar-refractivity contribution in [3.63, 3.8) is 0 Å². The summed E-state index contributed by atoms with van der Waals surface area (Å²) in [6, 6.07) is 4.37. The van der Waals surface area contributed by atoms with E-state index >= 15 is 0 Å². The molecule has 0 aliphatic carbocycles. The second-order valence-electron chi connectivity index (χ2n) is 16.6. The predicted molar refractivity (Wildman–Crippen MR) is 203 cm³/mol.